The highest BCUT2D eigenvalue weighted by atomic mass is 32.1. The van der Waals surface area contributed by atoms with Crippen molar-refractivity contribution in [2.75, 3.05) is 19.6 Å². The third-order valence-corrected chi connectivity index (χ3v) is 4.46. The molecule has 0 spiro atoms. The molecule has 1 fully saturated rings. The summed E-state index contributed by atoms with van der Waals surface area (Å²) in [5.41, 5.74) is 3.43. The fourth-order valence-corrected chi connectivity index (χ4v) is 3.02. The van der Waals surface area contributed by atoms with Gasteiger partial charge in [-0.2, -0.15) is 0 Å². The lowest BCUT2D eigenvalue weighted by molar-refractivity contribution is 0.134. The molecule has 1 aromatic rings. The maximum absolute atomic E-state index is 4.31. The summed E-state index contributed by atoms with van der Waals surface area (Å²) in [4.78, 5) is 8.27. The van der Waals surface area contributed by atoms with Gasteiger partial charge in [0, 0.05) is 36.6 Å². The summed E-state index contributed by atoms with van der Waals surface area (Å²) in [6.07, 6.45) is 1.19. The summed E-state index contributed by atoms with van der Waals surface area (Å²) in [7, 11) is 0. The first-order valence-electron chi connectivity index (χ1n) is 5.99. The second-order valence-electron chi connectivity index (χ2n) is 4.91. The lowest BCUT2D eigenvalue weighted by atomic mass is 9.96. The Morgan fingerprint density at radius 2 is 2.44 bits per heavy atom. The van der Waals surface area contributed by atoms with E-state index in [-0.39, 0.29) is 5.54 Å². The zero-order valence-corrected chi connectivity index (χ0v) is 11.2. The maximum atomic E-state index is 4.31. The highest BCUT2D eigenvalue weighted by Gasteiger charge is 2.28. The molecule has 16 heavy (non-hydrogen) atoms. The number of rotatable bonds is 3. The molecule has 0 amide bonds. The molecule has 1 aliphatic rings. The quantitative estimate of drug-likeness (QED) is 0.875. The second-order valence-corrected chi connectivity index (χ2v) is 5.85. The molecule has 1 atom stereocenters. The van der Waals surface area contributed by atoms with Gasteiger partial charge < -0.3 is 5.32 Å². The van der Waals surface area contributed by atoms with E-state index in [0.29, 0.717) is 0 Å². The van der Waals surface area contributed by atoms with E-state index < -0.39 is 0 Å². The van der Waals surface area contributed by atoms with Crippen LogP contribution in [0, 0.1) is 6.92 Å². The largest absolute Gasteiger partial charge is 0.309 e. The fraction of sp³-hybridized carbons (Fsp3) is 0.750. The van der Waals surface area contributed by atoms with Crippen molar-refractivity contribution < 1.29 is 0 Å². The SMILES string of the molecule is CCC1(C)CN(Cc2scnc2C)CCN1. The van der Waals surface area contributed by atoms with E-state index in [1.165, 1.54) is 17.0 Å². The average Bonchev–Trinajstić information content (AvgIpc) is 2.65. The Bertz CT molecular complexity index is 350. The van der Waals surface area contributed by atoms with E-state index in [1.54, 1.807) is 11.3 Å². The molecule has 1 unspecified atom stereocenters. The summed E-state index contributed by atoms with van der Waals surface area (Å²) in [6, 6.07) is 0. The summed E-state index contributed by atoms with van der Waals surface area (Å²) in [6.45, 7) is 11.1. The Morgan fingerprint density at radius 3 is 3.06 bits per heavy atom. The van der Waals surface area contributed by atoms with Gasteiger partial charge in [0.1, 0.15) is 0 Å². The van der Waals surface area contributed by atoms with Gasteiger partial charge >= 0.3 is 0 Å². The van der Waals surface area contributed by atoms with Gasteiger partial charge in [0.2, 0.25) is 0 Å². The van der Waals surface area contributed by atoms with E-state index in [2.05, 4.69) is 36.0 Å². The molecule has 0 aromatic carbocycles. The minimum atomic E-state index is 0.289. The highest BCUT2D eigenvalue weighted by Crippen LogP contribution is 2.20. The Kier molecular flexibility index (Phi) is 3.62. The molecule has 1 saturated heterocycles. The van der Waals surface area contributed by atoms with Crippen molar-refractivity contribution in [3.05, 3.63) is 16.1 Å². The van der Waals surface area contributed by atoms with Crippen LogP contribution in [0.4, 0.5) is 0 Å². The second kappa shape index (κ2) is 4.82. The Balaban J connectivity index is 1.98. The number of thiazole rings is 1. The summed E-state index contributed by atoms with van der Waals surface area (Å²) < 4.78 is 0. The Labute approximate surface area is 102 Å². The smallest absolute Gasteiger partial charge is 0.0798 e. The molecule has 0 aliphatic carbocycles. The van der Waals surface area contributed by atoms with Gasteiger partial charge in [-0.25, -0.2) is 4.98 Å². The molecule has 2 heterocycles. The van der Waals surface area contributed by atoms with Crippen molar-refractivity contribution in [2.24, 2.45) is 0 Å². The van der Waals surface area contributed by atoms with Crippen LogP contribution in [-0.2, 0) is 6.54 Å². The molecule has 90 valence electrons. The normalized spacial score (nSPS) is 27.2. The van der Waals surface area contributed by atoms with Gasteiger partial charge in [-0.3, -0.25) is 4.90 Å². The van der Waals surface area contributed by atoms with Crippen LogP contribution in [0.15, 0.2) is 5.51 Å². The third kappa shape index (κ3) is 2.62. The van der Waals surface area contributed by atoms with Crippen LogP contribution in [0.1, 0.15) is 30.8 Å². The Hall–Kier alpha value is -0.450. The van der Waals surface area contributed by atoms with Crippen LogP contribution in [0.25, 0.3) is 0 Å². The van der Waals surface area contributed by atoms with Gasteiger partial charge in [0.15, 0.2) is 0 Å². The van der Waals surface area contributed by atoms with Crippen molar-refractivity contribution in [3.63, 3.8) is 0 Å². The number of hydrogen-bond acceptors (Lipinski definition) is 4. The summed E-state index contributed by atoms with van der Waals surface area (Å²) >= 11 is 1.78. The summed E-state index contributed by atoms with van der Waals surface area (Å²) in [5, 5.41) is 3.62. The predicted octanol–water partition coefficient (Wildman–Crippen LogP) is 2.03. The standard InChI is InChI=1S/C12H21N3S/c1-4-12(3)8-15(6-5-14-12)7-11-10(2)13-9-16-11/h9,14H,4-8H2,1-3H3. The highest BCUT2D eigenvalue weighted by molar-refractivity contribution is 7.09. The fourth-order valence-electron chi connectivity index (χ4n) is 2.20. The topological polar surface area (TPSA) is 28.2 Å². The Morgan fingerprint density at radius 1 is 1.62 bits per heavy atom. The zero-order valence-electron chi connectivity index (χ0n) is 10.4. The molecular weight excluding hydrogens is 218 g/mol. The van der Waals surface area contributed by atoms with Crippen molar-refractivity contribution in [1.29, 1.82) is 0 Å². The van der Waals surface area contributed by atoms with Crippen LogP contribution in [0.3, 0.4) is 0 Å². The van der Waals surface area contributed by atoms with Crippen LogP contribution < -0.4 is 5.32 Å². The lowest BCUT2D eigenvalue weighted by Gasteiger charge is -2.41. The van der Waals surface area contributed by atoms with Crippen LogP contribution in [-0.4, -0.2) is 35.1 Å². The molecule has 1 N–H and O–H groups in total. The monoisotopic (exact) mass is 239 g/mol. The molecular formula is C12H21N3S. The molecule has 1 aliphatic heterocycles. The number of nitrogens with one attached hydrogen (secondary N) is 1. The lowest BCUT2D eigenvalue weighted by Crippen LogP contribution is -2.58. The van der Waals surface area contributed by atoms with E-state index in [4.69, 9.17) is 0 Å². The number of aromatic nitrogens is 1. The predicted molar refractivity (Wildman–Crippen MR) is 68.8 cm³/mol. The first kappa shape index (κ1) is 12.0. The van der Waals surface area contributed by atoms with Gasteiger partial charge in [-0.15, -0.1) is 11.3 Å². The first-order chi connectivity index (χ1) is 7.63. The zero-order chi connectivity index (χ0) is 11.6. The molecule has 0 saturated carbocycles. The minimum Gasteiger partial charge on any atom is -0.309 e. The van der Waals surface area contributed by atoms with Crippen molar-refractivity contribution in [3.8, 4) is 0 Å². The van der Waals surface area contributed by atoms with Crippen LogP contribution in [0.2, 0.25) is 0 Å². The van der Waals surface area contributed by atoms with E-state index in [0.717, 1.165) is 26.2 Å². The summed E-state index contributed by atoms with van der Waals surface area (Å²) in [5.74, 6) is 0. The van der Waals surface area contributed by atoms with Gasteiger partial charge in [0.25, 0.3) is 0 Å². The first-order valence-corrected chi connectivity index (χ1v) is 6.87. The van der Waals surface area contributed by atoms with Crippen LogP contribution in [0.5, 0.6) is 0 Å². The van der Waals surface area contributed by atoms with Gasteiger partial charge in [-0.05, 0) is 20.3 Å². The van der Waals surface area contributed by atoms with E-state index in [1.807, 2.05) is 5.51 Å². The molecule has 3 nitrogen and oxygen atoms in total. The average molecular weight is 239 g/mol. The van der Waals surface area contributed by atoms with Crippen molar-refractivity contribution in [2.45, 2.75) is 39.3 Å². The number of nitrogens with zero attached hydrogens (tertiary/aromatic N) is 2. The molecule has 0 radical (unpaired) electrons. The molecule has 2 rings (SSSR count). The number of aryl methyl sites for hydroxylation is 1. The third-order valence-electron chi connectivity index (χ3n) is 3.54. The van der Waals surface area contributed by atoms with E-state index >= 15 is 0 Å². The molecule has 0 bridgehead atoms. The van der Waals surface area contributed by atoms with Crippen LogP contribution >= 0.6 is 11.3 Å². The van der Waals surface area contributed by atoms with Gasteiger partial charge in [0.05, 0.1) is 11.2 Å². The molecule has 4 heteroatoms. The number of hydrogen-bond donors (Lipinski definition) is 1. The van der Waals surface area contributed by atoms with Crippen molar-refractivity contribution in [1.82, 2.24) is 15.2 Å². The number of piperazine rings is 1. The van der Waals surface area contributed by atoms with Crippen molar-refractivity contribution >= 4 is 11.3 Å². The maximum Gasteiger partial charge on any atom is 0.0798 e. The van der Waals surface area contributed by atoms with E-state index in [9.17, 15) is 0 Å². The minimum absolute atomic E-state index is 0.289. The van der Waals surface area contributed by atoms with Gasteiger partial charge in [-0.1, -0.05) is 6.92 Å². The molecule has 1 aromatic heterocycles.